The van der Waals surface area contributed by atoms with Crippen molar-refractivity contribution in [2.75, 3.05) is 19.8 Å². The molecule has 15 nitrogen and oxygen atoms in total. The van der Waals surface area contributed by atoms with Crippen LogP contribution in [0.4, 0.5) is 0 Å². The highest BCUT2D eigenvalue weighted by molar-refractivity contribution is 5.74. The number of benzene rings is 6. The van der Waals surface area contributed by atoms with E-state index >= 15 is 0 Å². The standard InChI is InChI=1S/C45H63N3O6.C45H63N3O3/c1-7-13-16-31(10-4)28-52-40-22-19-34(25-37(40)49)43-46-44(35-20-23-41(38(50)26-35)53-29-32(11-5)17-14-8-2)48-45(47-43)36-21-24-42(39(51)27-36)54-30-33(12-6)18-15-9-3;1-40(2,3)28-19-25(20-29(34(28)49)41(4,5)6)37-46-38(26-21-30(42(7,8)9)35(50)31(22-26)43(10,11)12)48-39(47-37)27-23-32(44(13,14)15)36(51)33(24-27)45(16,17)18/h19-27,31-33,49-51H,7-18,28-30H2,1-6H3;19-24,49-51H,1-18H3. The molecule has 6 N–H and O–H groups in total. The molecular weight excluding hydrogens is 1310 g/mol. The Kier molecular flexibility index (Phi) is 27.8. The van der Waals surface area contributed by atoms with Gasteiger partial charge in [-0.15, -0.1) is 0 Å². The van der Waals surface area contributed by atoms with Crippen LogP contribution in [-0.2, 0) is 32.5 Å². The van der Waals surface area contributed by atoms with Gasteiger partial charge in [0.2, 0.25) is 0 Å². The second kappa shape index (κ2) is 34.8. The Bertz CT molecular complexity index is 3680. The molecule has 2 aromatic heterocycles. The third-order valence-corrected chi connectivity index (χ3v) is 19.9. The molecule has 0 amide bonds. The minimum atomic E-state index is -0.348. The molecule has 0 saturated heterocycles. The third-order valence-electron chi connectivity index (χ3n) is 19.9. The zero-order valence-electron chi connectivity index (χ0n) is 68.1. The lowest BCUT2D eigenvalue weighted by atomic mass is 9.78. The van der Waals surface area contributed by atoms with Crippen LogP contribution in [0.1, 0.15) is 277 Å². The van der Waals surface area contributed by atoms with Crippen LogP contribution in [0, 0.1) is 17.8 Å². The molecule has 0 aliphatic heterocycles. The minimum absolute atomic E-state index is 0.00621. The van der Waals surface area contributed by atoms with Crippen LogP contribution < -0.4 is 14.2 Å². The summed E-state index contributed by atoms with van der Waals surface area (Å²) in [5, 5.41) is 67.8. The number of phenolic OH excluding ortho intramolecular Hbond substituents is 6. The van der Waals surface area contributed by atoms with Gasteiger partial charge in [-0.2, -0.15) is 0 Å². The average molecular weight is 1440 g/mol. The predicted molar refractivity (Wildman–Crippen MR) is 431 cm³/mol. The monoisotopic (exact) mass is 1430 g/mol. The van der Waals surface area contributed by atoms with E-state index in [4.69, 9.17) is 44.1 Å². The number of unbranched alkanes of at least 4 members (excludes halogenated alkanes) is 3. The molecule has 105 heavy (non-hydrogen) atoms. The first kappa shape index (κ1) is 83.8. The van der Waals surface area contributed by atoms with Gasteiger partial charge in [-0.05, 0) is 161 Å². The van der Waals surface area contributed by atoms with Crippen LogP contribution in [0.15, 0.2) is 91.0 Å². The van der Waals surface area contributed by atoms with Crippen molar-refractivity contribution in [3.05, 3.63) is 124 Å². The third kappa shape index (κ3) is 21.9. The van der Waals surface area contributed by atoms with Crippen molar-refractivity contribution in [3.63, 3.8) is 0 Å². The Morgan fingerprint density at radius 2 is 0.467 bits per heavy atom. The summed E-state index contributed by atoms with van der Waals surface area (Å²) in [6.45, 7) is 52.4. The lowest BCUT2D eigenvalue weighted by molar-refractivity contribution is 0.225. The molecule has 0 bridgehead atoms. The zero-order chi connectivity index (χ0) is 77.9. The predicted octanol–water partition coefficient (Wildman–Crippen LogP) is 23.5. The molecule has 3 atom stereocenters. The van der Waals surface area contributed by atoms with E-state index in [2.05, 4.69) is 166 Å². The van der Waals surface area contributed by atoms with Gasteiger partial charge in [0.05, 0.1) is 19.8 Å². The maximum Gasteiger partial charge on any atom is 0.164 e. The number of phenols is 6. The first-order valence-electron chi connectivity index (χ1n) is 38.6. The smallest absolute Gasteiger partial charge is 0.164 e. The Labute approximate surface area is 629 Å². The summed E-state index contributed by atoms with van der Waals surface area (Å²) in [7, 11) is 0. The van der Waals surface area contributed by atoms with Crippen LogP contribution in [-0.4, -0.2) is 80.4 Å². The van der Waals surface area contributed by atoms with Gasteiger partial charge in [0.25, 0.3) is 0 Å². The first-order chi connectivity index (χ1) is 49.0. The summed E-state index contributed by atoms with van der Waals surface area (Å²) < 4.78 is 18.2. The van der Waals surface area contributed by atoms with E-state index in [-0.39, 0.29) is 49.7 Å². The molecule has 15 heteroatoms. The van der Waals surface area contributed by atoms with Crippen LogP contribution in [0.2, 0.25) is 0 Å². The Morgan fingerprint density at radius 1 is 0.276 bits per heavy atom. The SMILES string of the molecule is CC(C)(C)c1cc(-c2nc(-c3cc(C(C)(C)C)c(O)c(C(C)(C)C)c3)nc(-c3cc(C(C)(C)C)c(O)c(C(C)(C)C)c3)n2)cc(C(C)(C)C)c1O.CCCCC(CC)COc1ccc(-c2nc(-c3ccc(OCC(CC)CCCC)c(O)c3)nc(-c3ccc(OCC(CC)CCCC)c(O)c3)n2)cc1O. The second-order valence-corrected chi connectivity index (χ2v) is 35.1. The van der Waals surface area contributed by atoms with E-state index in [1.165, 1.54) is 0 Å². The number of rotatable bonds is 27. The van der Waals surface area contributed by atoms with Crippen LogP contribution in [0.5, 0.6) is 51.7 Å². The molecule has 0 aliphatic rings. The van der Waals surface area contributed by atoms with Crippen LogP contribution in [0.3, 0.4) is 0 Å². The topological polar surface area (TPSA) is 226 Å². The lowest BCUT2D eigenvalue weighted by Gasteiger charge is -2.29. The number of hydrogen-bond acceptors (Lipinski definition) is 15. The lowest BCUT2D eigenvalue weighted by Crippen LogP contribution is -2.18. The molecule has 570 valence electrons. The molecule has 6 aromatic carbocycles. The normalized spacial score (nSPS) is 13.3. The van der Waals surface area contributed by atoms with Gasteiger partial charge in [-0.25, -0.2) is 29.9 Å². The van der Waals surface area contributed by atoms with Gasteiger partial charge in [0.1, 0.15) is 17.2 Å². The maximum atomic E-state index is 11.6. The van der Waals surface area contributed by atoms with Gasteiger partial charge >= 0.3 is 0 Å². The molecule has 8 aromatic rings. The summed E-state index contributed by atoms with van der Waals surface area (Å²) in [4.78, 5) is 29.9. The molecule has 0 radical (unpaired) electrons. The second-order valence-electron chi connectivity index (χ2n) is 35.1. The highest BCUT2D eigenvalue weighted by Crippen LogP contribution is 2.47. The molecule has 0 fully saturated rings. The van der Waals surface area contributed by atoms with Gasteiger partial charge < -0.3 is 44.8 Å². The molecule has 0 saturated carbocycles. The molecule has 8 rings (SSSR count). The number of nitrogens with zero attached hydrogens (tertiary/aromatic N) is 6. The van der Waals surface area contributed by atoms with Crippen molar-refractivity contribution in [2.45, 2.75) is 276 Å². The van der Waals surface area contributed by atoms with Crippen molar-refractivity contribution in [1.82, 2.24) is 29.9 Å². The largest absolute Gasteiger partial charge is 0.507 e. The van der Waals surface area contributed by atoms with E-state index in [1.807, 2.05) is 54.6 Å². The van der Waals surface area contributed by atoms with Gasteiger partial charge in [0.15, 0.2) is 69.4 Å². The molecule has 2 heterocycles. The van der Waals surface area contributed by atoms with Gasteiger partial charge in [-0.1, -0.05) is 224 Å². The van der Waals surface area contributed by atoms with Crippen molar-refractivity contribution in [3.8, 4) is 120 Å². The van der Waals surface area contributed by atoms with Crippen molar-refractivity contribution in [2.24, 2.45) is 17.8 Å². The number of aromatic nitrogens is 6. The fourth-order valence-electron chi connectivity index (χ4n) is 12.9. The number of hydrogen-bond donors (Lipinski definition) is 6. The average Bonchev–Trinajstić information content (AvgIpc) is 0.755. The minimum Gasteiger partial charge on any atom is -0.507 e. The molecular formula is C90H126N6O9. The van der Waals surface area contributed by atoms with Gasteiger partial charge in [0, 0.05) is 66.8 Å². The quantitative estimate of drug-likeness (QED) is 0.0281. The Morgan fingerprint density at radius 3 is 0.629 bits per heavy atom. The first-order valence-corrected chi connectivity index (χ1v) is 38.6. The summed E-state index contributed by atoms with van der Waals surface area (Å²) in [5.74, 6) is 5.72. The summed E-state index contributed by atoms with van der Waals surface area (Å²) >= 11 is 0. The zero-order valence-corrected chi connectivity index (χ0v) is 68.1. The molecule has 3 unspecified atom stereocenters. The highest BCUT2D eigenvalue weighted by atomic mass is 16.5. The van der Waals surface area contributed by atoms with Crippen molar-refractivity contribution >= 4 is 0 Å². The van der Waals surface area contributed by atoms with Crippen molar-refractivity contribution < 1.29 is 44.8 Å². The molecule has 0 aliphatic carbocycles. The Balaban J connectivity index is 0.000000294. The van der Waals surface area contributed by atoms with Crippen LogP contribution in [0.25, 0.3) is 68.3 Å². The van der Waals surface area contributed by atoms with Crippen molar-refractivity contribution in [1.29, 1.82) is 0 Å². The number of aromatic hydroxyl groups is 6. The van der Waals surface area contributed by atoms with E-state index in [1.54, 1.807) is 36.4 Å². The summed E-state index contributed by atoms with van der Waals surface area (Å²) in [6.07, 6.45) is 13.1. The fourth-order valence-corrected chi connectivity index (χ4v) is 12.9. The number of ether oxygens (including phenoxy) is 3. The van der Waals surface area contributed by atoms with E-state index < -0.39 is 0 Å². The van der Waals surface area contributed by atoms with E-state index in [9.17, 15) is 30.6 Å². The maximum absolute atomic E-state index is 11.6. The van der Waals surface area contributed by atoms with E-state index in [0.717, 1.165) is 127 Å². The fraction of sp³-hybridized carbons (Fsp3) is 0.533. The van der Waals surface area contributed by atoms with Crippen LogP contribution >= 0.6 is 0 Å². The summed E-state index contributed by atoms with van der Waals surface area (Å²) in [5.41, 5.74) is 6.85. The Hall–Kier alpha value is -8.46. The molecule has 0 spiro atoms. The van der Waals surface area contributed by atoms with Gasteiger partial charge in [-0.3, -0.25) is 0 Å². The van der Waals surface area contributed by atoms with E-state index in [0.29, 0.717) is 124 Å². The summed E-state index contributed by atoms with van der Waals surface area (Å²) in [6, 6.07) is 27.5. The highest BCUT2D eigenvalue weighted by Gasteiger charge is 2.33.